The number of benzene rings is 3. The predicted molar refractivity (Wildman–Crippen MR) is 178 cm³/mol. The van der Waals surface area contributed by atoms with Gasteiger partial charge in [0.1, 0.15) is 46.0 Å². The first kappa shape index (κ1) is 31.4. The van der Waals surface area contributed by atoms with Gasteiger partial charge in [-0.25, -0.2) is 23.7 Å². The van der Waals surface area contributed by atoms with Crippen LogP contribution < -0.4 is 15.4 Å². The van der Waals surface area contributed by atoms with Crippen molar-refractivity contribution in [1.82, 2.24) is 25.3 Å². The Morgan fingerprint density at radius 3 is 2.65 bits per heavy atom. The zero-order chi connectivity index (χ0) is 32.0. The Bertz CT molecular complexity index is 2170. The number of thiazole rings is 1. The molecule has 0 fully saturated rings. The Morgan fingerprint density at radius 1 is 0.978 bits per heavy atom. The van der Waals surface area contributed by atoms with Crippen molar-refractivity contribution in [1.29, 1.82) is 0 Å². The van der Waals surface area contributed by atoms with E-state index >= 15 is 4.39 Å². The van der Waals surface area contributed by atoms with E-state index in [4.69, 9.17) is 4.74 Å². The molecule has 0 bridgehead atoms. The molecule has 0 saturated heterocycles. The number of anilines is 2. The van der Waals surface area contributed by atoms with Crippen LogP contribution in [0.15, 0.2) is 95.2 Å². The maximum absolute atomic E-state index is 15.3. The van der Waals surface area contributed by atoms with Crippen LogP contribution in [0, 0.1) is 11.6 Å². The molecule has 2 N–H and O–H groups in total. The van der Waals surface area contributed by atoms with Crippen LogP contribution in [0.4, 0.5) is 20.3 Å². The Morgan fingerprint density at radius 2 is 1.87 bits per heavy atom. The Labute approximate surface area is 276 Å². The van der Waals surface area contributed by atoms with Crippen LogP contribution in [-0.4, -0.2) is 39.8 Å². The van der Waals surface area contributed by atoms with Crippen molar-refractivity contribution < 1.29 is 21.9 Å². The molecule has 0 saturated carbocycles. The molecule has 0 aliphatic carbocycles. The molecule has 0 aliphatic heterocycles. The third kappa shape index (κ3) is 7.42. The SMILES string of the molecule is O=S(=O)=C(CNCc1nc(-c2cc3c(Nc4ccc(OCc5cccc(F)c5)c(Br)c4)ncnc3cc2F)cs1)c1ccccn1. The number of halogens is 3. The van der Waals surface area contributed by atoms with Crippen LogP contribution in [-0.2, 0) is 23.4 Å². The number of pyridine rings is 1. The summed E-state index contributed by atoms with van der Waals surface area (Å²) < 4.78 is 58.8. The predicted octanol–water partition coefficient (Wildman–Crippen LogP) is 6.70. The minimum Gasteiger partial charge on any atom is -0.488 e. The van der Waals surface area contributed by atoms with Gasteiger partial charge in [0.2, 0.25) is 10.3 Å². The number of aromatic nitrogens is 4. The third-order valence-corrected chi connectivity index (χ3v) is 8.97. The number of ether oxygens (including phenoxy) is 1. The lowest BCUT2D eigenvalue weighted by atomic mass is 10.1. The summed E-state index contributed by atoms with van der Waals surface area (Å²) in [7, 11) is -2.45. The second-order valence-electron chi connectivity index (χ2n) is 9.86. The van der Waals surface area contributed by atoms with Gasteiger partial charge in [-0.1, -0.05) is 18.2 Å². The van der Waals surface area contributed by atoms with Crippen molar-refractivity contribution >= 4 is 64.8 Å². The number of hydrogen-bond donors (Lipinski definition) is 2. The number of hydrogen-bond acceptors (Lipinski definition) is 10. The highest BCUT2D eigenvalue weighted by Gasteiger charge is 2.15. The molecule has 0 atom stereocenters. The lowest BCUT2D eigenvalue weighted by Crippen LogP contribution is -2.24. The van der Waals surface area contributed by atoms with Gasteiger partial charge < -0.3 is 15.4 Å². The summed E-state index contributed by atoms with van der Waals surface area (Å²) in [6, 6.07) is 19.7. The van der Waals surface area contributed by atoms with Gasteiger partial charge in [0.15, 0.2) is 0 Å². The minimum absolute atomic E-state index is 0.0645. The average Bonchev–Trinajstić information content (AvgIpc) is 3.51. The molecule has 3 aromatic carbocycles. The number of nitrogens with zero attached hydrogens (tertiary/aromatic N) is 4. The summed E-state index contributed by atoms with van der Waals surface area (Å²) in [4.78, 5) is 17.5. The molecule has 0 unspecified atom stereocenters. The summed E-state index contributed by atoms with van der Waals surface area (Å²) in [5, 5.41) is 9.33. The van der Waals surface area contributed by atoms with Crippen molar-refractivity contribution in [3.05, 3.63) is 123 Å². The molecular formula is C32H23BrF2N6O3S2. The maximum Gasteiger partial charge on any atom is 0.220 e. The van der Waals surface area contributed by atoms with Crippen molar-refractivity contribution in [2.75, 3.05) is 11.9 Å². The summed E-state index contributed by atoms with van der Waals surface area (Å²) >= 11 is 4.85. The lowest BCUT2D eigenvalue weighted by Gasteiger charge is -2.13. The van der Waals surface area contributed by atoms with Crippen LogP contribution in [0.3, 0.4) is 0 Å². The molecule has 46 heavy (non-hydrogen) atoms. The molecule has 6 rings (SSSR count). The Kier molecular flexibility index (Phi) is 9.68. The van der Waals surface area contributed by atoms with Crippen LogP contribution in [0.25, 0.3) is 22.2 Å². The van der Waals surface area contributed by atoms with Gasteiger partial charge >= 0.3 is 0 Å². The van der Waals surface area contributed by atoms with Crippen molar-refractivity contribution in [3.63, 3.8) is 0 Å². The van der Waals surface area contributed by atoms with Crippen LogP contribution in [0.2, 0.25) is 0 Å². The fourth-order valence-corrected chi connectivity index (χ4v) is 6.32. The molecule has 232 valence electrons. The highest BCUT2D eigenvalue weighted by Crippen LogP contribution is 2.34. The molecule has 0 spiro atoms. The highest BCUT2D eigenvalue weighted by molar-refractivity contribution is 9.10. The van der Waals surface area contributed by atoms with Gasteiger partial charge in [0, 0.05) is 47.4 Å². The fourth-order valence-electron chi connectivity index (χ4n) is 4.56. The minimum atomic E-state index is -2.45. The van der Waals surface area contributed by atoms with E-state index in [2.05, 4.69) is 46.5 Å². The monoisotopic (exact) mass is 720 g/mol. The molecule has 3 heterocycles. The van der Waals surface area contributed by atoms with E-state index in [0.717, 1.165) is 0 Å². The zero-order valence-corrected chi connectivity index (χ0v) is 27.0. The van der Waals surface area contributed by atoms with Crippen LogP contribution >= 0.6 is 27.3 Å². The Hall–Kier alpha value is -4.63. The molecule has 9 nitrogen and oxygen atoms in total. The highest BCUT2D eigenvalue weighted by atomic mass is 79.9. The van der Waals surface area contributed by atoms with E-state index < -0.39 is 16.1 Å². The van der Waals surface area contributed by atoms with Gasteiger partial charge in [-0.05, 0) is 70.0 Å². The molecule has 14 heteroatoms. The number of rotatable bonds is 11. The maximum atomic E-state index is 15.3. The fraction of sp³-hybridized carbons (Fsp3) is 0.0938. The van der Waals surface area contributed by atoms with Crippen molar-refractivity contribution in [2.24, 2.45) is 0 Å². The summed E-state index contributed by atoms with van der Waals surface area (Å²) in [6.45, 7) is 0.545. The van der Waals surface area contributed by atoms with E-state index in [1.54, 1.807) is 47.8 Å². The molecular weight excluding hydrogens is 698 g/mol. The van der Waals surface area contributed by atoms with E-state index in [1.165, 1.54) is 42.1 Å². The van der Waals surface area contributed by atoms with Gasteiger partial charge in [-0.15, -0.1) is 11.3 Å². The lowest BCUT2D eigenvalue weighted by molar-refractivity contribution is 0.303. The third-order valence-electron chi connectivity index (χ3n) is 6.74. The topological polar surface area (TPSA) is 119 Å². The number of fused-ring (bicyclic) bond motifs is 1. The second-order valence-corrected chi connectivity index (χ2v) is 12.6. The van der Waals surface area contributed by atoms with Gasteiger partial charge in [-0.2, -0.15) is 8.42 Å². The number of nitrogens with one attached hydrogen (secondary N) is 2. The average molecular weight is 722 g/mol. The van der Waals surface area contributed by atoms with Crippen molar-refractivity contribution in [2.45, 2.75) is 13.2 Å². The summed E-state index contributed by atoms with van der Waals surface area (Å²) in [6.07, 6.45) is 2.88. The van der Waals surface area contributed by atoms with Crippen LogP contribution in [0.5, 0.6) is 5.75 Å². The molecule has 0 radical (unpaired) electrons. The van der Waals surface area contributed by atoms with E-state index in [-0.39, 0.29) is 35.9 Å². The molecule has 3 aromatic heterocycles. The van der Waals surface area contributed by atoms with E-state index in [0.29, 0.717) is 54.6 Å². The van der Waals surface area contributed by atoms with Crippen molar-refractivity contribution in [3.8, 4) is 17.0 Å². The van der Waals surface area contributed by atoms with E-state index in [9.17, 15) is 12.8 Å². The van der Waals surface area contributed by atoms with Gasteiger partial charge in [0.05, 0.1) is 21.4 Å². The van der Waals surface area contributed by atoms with Gasteiger partial charge in [0.25, 0.3) is 0 Å². The summed E-state index contributed by atoms with van der Waals surface area (Å²) in [5.74, 6) is 0.227. The smallest absolute Gasteiger partial charge is 0.220 e. The Balaban J connectivity index is 1.17. The normalized spacial score (nSPS) is 11.0. The molecule has 0 amide bonds. The van der Waals surface area contributed by atoms with Gasteiger partial charge in [-0.3, -0.25) is 4.98 Å². The molecule has 6 aromatic rings. The zero-order valence-electron chi connectivity index (χ0n) is 23.7. The largest absolute Gasteiger partial charge is 0.488 e. The summed E-state index contributed by atoms with van der Waals surface area (Å²) in [5.41, 5.74) is 2.88. The van der Waals surface area contributed by atoms with Crippen LogP contribution in [0.1, 0.15) is 16.3 Å². The first-order valence-electron chi connectivity index (χ1n) is 13.7. The first-order chi connectivity index (χ1) is 22.3. The first-order valence-corrected chi connectivity index (χ1v) is 16.5. The van der Waals surface area contributed by atoms with E-state index in [1.807, 2.05) is 12.1 Å². The standard InChI is InChI=1S/C32H23BrF2N6O3S2/c33-24-11-21(7-8-29(24)44-16-19-4-3-5-20(34)10-19)40-32-23-12-22(25(35)13-27(23)38-18-39-32)28-17-45-31(41-28)15-36-14-30(46(42)43)26-6-1-2-9-37-26/h1-13,17-18,36H,14-16H2,(H,38,39,40). The second kappa shape index (κ2) is 14.2. The quantitative estimate of drug-likeness (QED) is 0.111. The molecule has 0 aliphatic rings.